The molecule has 1 amide bonds. The molecule has 0 bridgehead atoms. The maximum Gasteiger partial charge on any atom is 0.409 e. The fraction of sp³-hybridized carbons (Fsp3) is 0.480. The Labute approximate surface area is 218 Å². The zero-order valence-corrected chi connectivity index (χ0v) is 21.4. The molecule has 2 atom stereocenters. The number of pyridine rings is 1. The summed E-state index contributed by atoms with van der Waals surface area (Å²) in [5.74, 6) is 0.479. The first-order valence-corrected chi connectivity index (χ1v) is 11.5. The standard InChI is InChI=1S/C25H31N3O5.2ClH/c1-32-25(31)28-10-8-20(9-11-28)33-21-12-19(14-26-16-21)23(29)6-7-24(30)22-13-17-4-2-3-5-18(17)15-27-22;;/h2-5,12,14,16,20,22,24,27,30H,6-11,13,15H2,1H3;2*1H/t22-,24+;;/m0../s1. The molecule has 0 unspecified atom stereocenters. The van der Waals surface area contributed by atoms with E-state index in [2.05, 4.69) is 22.4 Å². The number of benzene rings is 1. The van der Waals surface area contributed by atoms with E-state index in [1.807, 2.05) is 12.1 Å². The van der Waals surface area contributed by atoms with Crippen LogP contribution in [0.2, 0.25) is 0 Å². The number of carbonyl (C=O) groups is 2. The number of aliphatic hydroxyl groups is 1. The number of fused-ring (bicyclic) bond motifs is 1. The van der Waals surface area contributed by atoms with Gasteiger partial charge in [0.2, 0.25) is 0 Å². The number of likely N-dealkylation sites (tertiary alicyclic amines) is 1. The third-order valence-electron chi connectivity index (χ3n) is 6.46. The van der Waals surface area contributed by atoms with Crippen molar-refractivity contribution in [2.75, 3.05) is 20.2 Å². The maximum atomic E-state index is 12.7. The van der Waals surface area contributed by atoms with Crippen LogP contribution >= 0.6 is 24.8 Å². The third kappa shape index (κ3) is 7.54. The summed E-state index contributed by atoms with van der Waals surface area (Å²) in [6.45, 7) is 1.87. The predicted octanol–water partition coefficient (Wildman–Crippen LogP) is 3.57. The number of amides is 1. The molecule has 192 valence electrons. The van der Waals surface area contributed by atoms with Crippen LogP contribution in [0.4, 0.5) is 4.79 Å². The van der Waals surface area contributed by atoms with E-state index >= 15 is 0 Å². The Morgan fingerprint density at radius 2 is 1.89 bits per heavy atom. The van der Waals surface area contributed by atoms with Crippen LogP contribution in [0.3, 0.4) is 0 Å². The van der Waals surface area contributed by atoms with Gasteiger partial charge in [-0.3, -0.25) is 9.78 Å². The summed E-state index contributed by atoms with van der Waals surface area (Å²) in [6, 6.07) is 9.88. The summed E-state index contributed by atoms with van der Waals surface area (Å²) in [6.07, 6.45) is 4.93. The fourth-order valence-corrected chi connectivity index (χ4v) is 4.49. The number of ketones is 1. The van der Waals surface area contributed by atoms with Crippen molar-refractivity contribution >= 4 is 36.7 Å². The third-order valence-corrected chi connectivity index (χ3v) is 6.46. The van der Waals surface area contributed by atoms with Gasteiger partial charge in [-0.2, -0.15) is 0 Å². The molecule has 1 aromatic heterocycles. The molecule has 2 N–H and O–H groups in total. The van der Waals surface area contributed by atoms with E-state index in [0.29, 0.717) is 43.7 Å². The van der Waals surface area contributed by atoms with Crippen molar-refractivity contribution < 1.29 is 24.2 Å². The van der Waals surface area contributed by atoms with Gasteiger partial charge in [-0.15, -0.1) is 24.8 Å². The number of halogens is 2. The van der Waals surface area contributed by atoms with Gasteiger partial charge in [0.1, 0.15) is 11.9 Å². The Hall–Kier alpha value is -2.39. The maximum absolute atomic E-state index is 12.7. The molecule has 10 heteroatoms. The Morgan fingerprint density at radius 3 is 2.60 bits per heavy atom. The Kier molecular flexibility index (Phi) is 11.2. The number of rotatable bonds is 7. The topological polar surface area (TPSA) is 101 Å². The lowest BCUT2D eigenvalue weighted by atomic mass is 9.91. The number of aliphatic hydroxyl groups excluding tert-OH is 1. The summed E-state index contributed by atoms with van der Waals surface area (Å²) in [5, 5.41) is 14.0. The molecule has 2 aliphatic heterocycles. The predicted molar refractivity (Wildman–Crippen MR) is 137 cm³/mol. The van der Waals surface area contributed by atoms with Crippen LogP contribution in [0.15, 0.2) is 42.7 Å². The molecule has 1 fully saturated rings. The number of carbonyl (C=O) groups excluding carboxylic acids is 2. The molecule has 4 rings (SSSR count). The van der Waals surface area contributed by atoms with Gasteiger partial charge in [-0.25, -0.2) is 4.79 Å². The molecular formula is C25H33Cl2N3O5. The molecular weight excluding hydrogens is 493 g/mol. The highest BCUT2D eigenvalue weighted by atomic mass is 35.5. The minimum Gasteiger partial charge on any atom is -0.489 e. The Balaban J connectivity index is 0.00000216. The fourth-order valence-electron chi connectivity index (χ4n) is 4.49. The summed E-state index contributed by atoms with van der Waals surface area (Å²) in [5.41, 5.74) is 2.99. The number of nitrogens with zero attached hydrogens (tertiary/aromatic N) is 2. The number of hydrogen-bond acceptors (Lipinski definition) is 7. The summed E-state index contributed by atoms with van der Waals surface area (Å²) < 4.78 is 10.8. The minimum atomic E-state index is -0.602. The van der Waals surface area contributed by atoms with Gasteiger partial charge in [0, 0.05) is 56.7 Å². The van der Waals surface area contributed by atoms with Crippen molar-refractivity contribution in [2.45, 2.75) is 56.9 Å². The highest BCUT2D eigenvalue weighted by Crippen LogP contribution is 2.22. The molecule has 3 heterocycles. The monoisotopic (exact) mass is 525 g/mol. The summed E-state index contributed by atoms with van der Waals surface area (Å²) in [7, 11) is 1.38. The van der Waals surface area contributed by atoms with Crippen LogP contribution in [0.25, 0.3) is 0 Å². The van der Waals surface area contributed by atoms with Crippen molar-refractivity contribution in [1.82, 2.24) is 15.2 Å². The number of ether oxygens (including phenoxy) is 2. The van der Waals surface area contributed by atoms with Crippen LogP contribution < -0.4 is 10.1 Å². The molecule has 0 radical (unpaired) electrons. The average molecular weight is 526 g/mol. The zero-order valence-electron chi connectivity index (χ0n) is 19.7. The second kappa shape index (κ2) is 13.6. The van der Waals surface area contributed by atoms with Gasteiger partial charge >= 0.3 is 6.09 Å². The average Bonchev–Trinajstić information content (AvgIpc) is 2.87. The van der Waals surface area contributed by atoms with Crippen LogP contribution in [0, 0.1) is 0 Å². The molecule has 0 saturated carbocycles. The smallest absolute Gasteiger partial charge is 0.409 e. The first-order chi connectivity index (χ1) is 16.0. The second-order valence-electron chi connectivity index (χ2n) is 8.67. The Bertz CT molecular complexity index is 985. The molecule has 8 nitrogen and oxygen atoms in total. The van der Waals surface area contributed by atoms with E-state index < -0.39 is 6.10 Å². The van der Waals surface area contributed by atoms with Crippen LogP contribution in [0.5, 0.6) is 5.75 Å². The van der Waals surface area contributed by atoms with Crippen molar-refractivity contribution in [3.63, 3.8) is 0 Å². The Morgan fingerprint density at radius 1 is 1.17 bits per heavy atom. The number of methoxy groups -OCH3 is 1. The van der Waals surface area contributed by atoms with E-state index in [-0.39, 0.29) is 55.3 Å². The quantitative estimate of drug-likeness (QED) is 0.532. The molecule has 35 heavy (non-hydrogen) atoms. The van der Waals surface area contributed by atoms with Gasteiger partial charge in [0.05, 0.1) is 19.4 Å². The van der Waals surface area contributed by atoms with E-state index in [1.165, 1.54) is 24.4 Å². The number of hydrogen-bond donors (Lipinski definition) is 2. The number of aromatic nitrogens is 1. The van der Waals surface area contributed by atoms with Gasteiger partial charge < -0.3 is 24.8 Å². The number of piperidine rings is 1. The largest absolute Gasteiger partial charge is 0.489 e. The van der Waals surface area contributed by atoms with Gasteiger partial charge in [-0.1, -0.05) is 24.3 Å². The van der Waals surface area contributed by atoms with Crippen molar-refractivity contribution in [3.05, 3.63) is 59.4 Å². The summed E-state index contributed by atoms with van der Waals surface area (Å²) in [4.78, 5) is 30.2. The van der Waals surface area contributed by atoms with Crippen LogP contribution in [0.1, 0.15) is 47.2 Å². The van der Waals surface area contributed by atoms with Crippen molar-refractivity contribution in [2.24, 2.45) is 0 Å². The SMILES string of the molecule is COC(=O)N1CCC(Oc2cncc(C(=O)CC[C@@H](O)[C@@H]3Cc4ccccc4CN3)c2)CC1.Cl.Cl. The zero-order chi connectivity index (χ0) is 23.2. The lowest BCUT2D eigenvalue weighted by Gasteiger charge is -2.31. The van der Waals surface area contributed by atoms with Gasteiger partial charge in [-0.05, 0) is 30.0 Å². The molecule has 0 spiro atoms. The molecule has 1 saturated heterocycles. The highest BCUT2D eigenvalue weighted by molar-refractivity contribution is 5.96. The first kappa shape index (κ1) is 28.8. The number of nitrogens with one attached hydrogen (secondary N) is 1. The van der Waals surface area contributed by atoms with E-state index in [9.17, 15) is 14.7 Å². The van der Waals surface area contributed by atoms with Gasteiger partial charge in [0.25, 0.3) is 0 Å². The van der Waals surface area contributed by atoms with E-state index in [0.717, 1.165) is 13.0 Å². The van der Waals surface area contributed by atoms with Gasteiger partial charge in [0.15, 0.2) is 5.78 Å². The normalized spacial score (nSPS) is 18.3. The second-order valence-corrected chi connectivity index (χ2v) is 8.67. The lowest BCUT2D eigenvalue weighted by molar-refractivity contribution is 0.0785. The van der Waals surface area contributed by atoms with E-state index in [4.69, 9.17) is 9.47 Å². The highest BCUT2D eigenvalue weighted by Gasteiger charge is 2.26. The molecule has 2 aromatic rings. The molecule has 1 aromatic carbocycles. The van der Waals surface area contributed by atoms with Crippen molar-refractivity contribution in [3.8, 4) is 5.75 Å². The number of Topliss-reactive ketones (excluding diaryl/α,β-unsaturated/α-hetero) is 1. The van der Waals surface area contributed by atoms with Crippen molar-refractivity contribution in [1.29, 1.82) is 0 Å². The van der Waals surface area contributed by atoms with E-state index in [1.54, 1.807) is 17.2 Å². The lowest BCUT2D eigenvalue weighted by Crippen LogP contribution is -2.44. The molecule has 0 aliphatic carbocycles. The van der Waals surface area contributed by atoms with Crippen LogP contribution in [-0.4, -0.2) is 65.3 Å². The van der Waals surface area contributed by atoms with Crippen LogP contribution in [-0.2, 0) is 17.7 Å². The molecule has 2 aliphatic rings. The first-order valence-electron chi connectivity index (χ1n) is 11.5. The summed E-state index contributed by atoms with van der Waals surface area (Å²) >= 11 is 0. The minimum absolute atomic E-state index is 0.